The van der Waals surface area contributed by atoms with Crippen molar-refractivity contribution in [1.82, 2.24) is 15.2 Å². The first-order valence-corrected chi connectivity index (χ1v) is 8.45. The molecule has 0 atom stereocenters. The van der Waals surface area contributed by atoms with E-state index in [1.165, 1.54) is 0 Å². The Morgan fingerprint density at radius 1 is 1.04 bits per heavy atom. The van der Waals surface area contributed by atoms with Gasteiger partial charge in [-0.05, 0) is 36.8 Å². The second-order valence-electron chi connectivity index (χ2n) is 5.69. The van der Waals surface area contributed by atoms with Crippen molar-refractivity contribution in [2.45, 2.75) is 6.92 Å². The van der Waals surface area contributed by atoms with Crippen molar-refractivity contribution in [3.63, 3.8) is 0 Å². The number of nitrogens with zero attached hydrogens (tertiary/aromatic N) is 3. The minimum absolute atomic E-state index is 0.373. The standard InChI is InChI=1S/C18H16ClN5O2/c1-11-13(19)3-2-4-14(11)22-18-23-17(10-20-24-18)21-12-5-6-15-16(9-12)26-8-7-25-15/h2-6,9-10H,7-8H2,1H3,(H2,21,22,23,24). The van der Waals surface area contributed by atoms with Crippen molar-refractivity contribution in [1.29, 1.82) is 0 Å². The van der Waals surface area contributed by atoms with E-state index in [0.29, 0.717) is 35.8 Å². The lowest BCUT2D eigenvalue weighted by atomic mass is 10.2. The van der Waals surface area contributed by atoms with Gasteiger partial charge in [-0.1, -0.05) is 17.7 Å². The van der Waals surface area contributed by atoms with Gasteiger partial charge >= 0.3 is 0 Å². The third kappa shape index (κ3) is 3.48. The minimum Gasteiger partial charge on any atom is -0.486 e. The lowest BCUT2D eigenvalue weighted by Crippen LogP contribution is -2.15. The average Bonchev–Trinajstić information content (AvgIpc) is 2.66. The van der Waals surface area contributed by atoms with E-state index in [9.17, 15) is 0 Å². The van der Waals surface area contributed by atoms with Gasteiger partial charge in [-0.2, -0.15) is 10.1 Å². The Morgan fingerprint density at radius 2 is 1.88 bits per heavy atom. The number of fused-ring (bicyclic) bond motifs is 1. The quantitative estimate of drug-likeness (QED) is 0.716. The van der Waals surface area contributed by atoms with Gasteiger partial charge in [0.05, 0.1) is 6.20 Å². The molecule has 2 N–H and O–H groups in total. The molecule has 0 unspecified atom stereocenters. The smallest absolute Gasteiger partial charge is 0.249 e. The summed E-state index contributed by atoms with van der Waals surface area (Å²) in [5, 5.41) is 15.0. The topological polar surface area (TPSA) is 81.2 Å². The van der Waals surface area contributed by atoms with Crippen LogP contribution in [-0.2, 0) is 0 Å². The predicted octanol–water partition coefficient (Wildman–Crippen LogP) is 4.09. The largest absolute Gasteiger partial charge is 0.486 e. The number of ether oxygens (including phenoxy) is 2. The first-order valence-electron chi connectivity index (χ1n) is 8.07. The Bertz CT molecular complexity index is 951. The van der Waals surface area contributed by atoms with E-state index in [2.05, 4.69) is 25.8 Å². The van der Waals surface area contributed by atoms with E-state index in [0.717, 1.165) is 22.7 Å². The van der Waals surface area contributed by atoms with Crippen LogP contribution in [0.3, 0.4) is 0 Å². The molecule has 0 bridgehead atoms. The van der Waals surface area contributed by atoms with Crippen LogP contribution in [-0.4, -0.2) is 28.4 Å². The molecule has 0 amide bonds. The lowest BCUT2D eigenvalue weighted by molar-refractivity contribution is 0.171. The number of hydrogen-bond acceptors (Lipinski definition) is 7. The van der Waals surface area contributed by atoms with Crippen molar-refractivity contribution >= 4 is 34.7 Å². The normalized spacial score (nSPS) is 12.5. The zero-order valence-electron chi connectivity index (χ0n) is 14.0. The Balaban J connectivity index is 1.53. The van der Waals surface area contributed by atoms with E-state index >= 15 is 0 Å². The third-order valence-corrected chi connectivity index (χ3v) is 4.30. The predicted molar refractivity (Wildman–Crippen MR) is 100 cm³/mol. The highest BCUT2D eigenvalue weighted by molar-refractivity contribution is 6.31. The molecular weight excluding hydrogens is 354 g/mol. The van der Waals surface area contributed by atoms with Crippen molar-refractivity contribution in [3.05, 3.63) is 53.2 Å². The van der Waals surface area contributed by atoms with Crippen LogP contribution in [0.25, 0.3) is 0 Å². The lowest BCUT2D eigenvalue weighted by Gasteiger charge is -2.19. The van der Waals surface area contributed by atoms with Crippen molar-refractivity contribution in [2.75, 3.05) is 23.8 Å². The van der Waals surface area contributed by atoms with Gasteiger partial charge in [-0.3, -0.25) is 0 Å². The Morgan fingerprint density at radius 3 is 2.77 bits per heavy atom. The Kier molecular flexibility index (Phi) is 4.45. The molecule has 2 aromatic carbocycles. The first kappa shape index (κ1) is 16.4. The SMILES string of the molecule is Cc1c(Cl)cccc1Nc1nncc(Nc2ccc3c(c2)OCCO3)n1. The molecule has 26 heavy (non-hydrogen) atoms. The van der Waals surface area contributed by atoms with Gasteiger partial charge in [0, 0.05) is 22.5 Å². The first-order chi connectivity index (χ1) is 12.7. The molecule has 0 fully saturated rings. The summed E-state index contributed by atoms with van der Waals surface area (Å²) in [5.41, 5.74) is 2.57. The number of benzene rings is 2. The van der Waals surface area contributed by atoms with Gasteiger partial charge in [-0.15, -0.1) is 5.10 Å². The molecule has 1 aliphatic rings. The third-order valence-electron chi connectivity index (χ3n) is 3.89. The van der Waals surface area contributed by atoms with E-state index in [1.807, 2.05) is 43.3 Å². The van der Waals surface area contributed by atoms with Crippen molar-refractivity contribution < 1.29 is 9.47 Å². The molecule has 8 heteroatoms. The summed E-state index contributed by atoms with van der Waals surface area (Å²) >= 11 is 6.15. The molecule has 0 radical (unpaired) electrons. The van der Waals surface area contributed by atoms with Crippen LogP contribution in [0.5, 0.6) is 11.5 Å². The molecule has 2 heterocycles. The highest BCUT2D eigenvalue weighted by Gasteiger charge is 2.12. The van der Waals surface area contributed by atoms with Crippen LogP contribution < -0.4 is 20.1 Å². The molecule has 1 aromatic heterocycles. The van der Waals surface area contributed by atoms with Gasteiger partial charge < -0.3 is 20.1 Å². The maximum absolute atomic E-state index is 6.15. The van der Waals surface area contributed by atoms with Crippen LogP contribution in [0.1, 0.15) is 5.56 Å². The second kappa shape index (κ2) is 7.05. The molecule has 0 saturated heterocycles. The Labute approximate surface area is 155 Å². The molecule has 4 rings (SSSR count). The van der Waals surface area contributed by atoms with Gasteiger partial charge in [-0.25, -0.2) is 0 Å². The highest BCUT2D eigenvalue weighted by Crippen LogP contribution is 2.33. The maximum atomic E-state index is 6.15. The van der Waals surface area contributed by atoms with Crippen LogP contribution in [0, 0.1) is 6.92 Å². The van der Waals surface area contributed by atoms with Crippen LogP contribution in [0.2, 0.25) is 5.02 Å². The number of nitrogens with one attached hydrogen (secondary N) is 2. The monoisotopic (exact) mass is 369 g/mol. The maximum Gasteiger partial charge on any atom is 0.249 e. The summed E-state index contributed by atoms with van der Waals surface area (Å²) < 4.78 is 11.1. The van der Waals surface area contributed by atoms with Crippen molar-refractivity contribution in [3.8, 4) is 11.5 Å². The van der Waals surface area contributed by atoms with Gasteiger partial charge in [0.1, 0.15) is 13.2 Å². The van der Waals surface area contributed by atoms with Crippen molar-refractivity contribution in [2.24, 2.45) is 0 Å². The van der Waals surface area contributed by atoms with Crippen LogP contribution in [0.4, 0.5) is 23.1 Å². The number of halogens is 1. The number of anilines is 4. The fourth-order valence-electron chi connectivity index (χ4n) is 2.55. The Hall–Kier alpha value is -3.06. The van der Waals surface area contributed by atoms with Crippen LogP contribution >= 0.6 is 11.6 Å². The summed E-state index contributed by atoms with van der Waals surface area (Å²) in [6.07, 6.45) is 1.55. The second-order valence-corrected chi connectivity index (χ2v) is 6.09. The highest BCUT2D eigenvalue weighted by atomic mass is 35.5. The van der Waals surface area contributed by atoms with Crippen LogP contribution in [0.15, 0.2) is 42.6 Å². The molecule has 132 valence electrons. The summed E-state index contributed by atoms with van der Waals surface area (Å²) in [5.74, 6) is 2.37. The number of rotatable bonds is 4. The number of aromatic nitrogens is 3. The molecule has 0 spiro atoms. The fraction of sp³-hybridized carbons (Fsp3) is 0.167. The zero-order valence-corrected chi connectivity index (χ0v) is 14.7. The van der Waals surface area contributed by atoms with Gasteiger partial charge in [0.15, 0.2) is 17.3 Å². The summed E-state index contributed by atoms with van der Waals surface area (Å²) in [4.78, 5) is 4.44. The van der Waals surface area contributed by atoms with Gasteiger partial charge in [0.2, 0.25) is 5.95 Å². The molecule has 7 nitrogen and oxygen atoms in total. The summed E-state index contributed by atoms with van der Waals surface area (Å²) in [6.45, 7) is 3.03. The molecule has 0 aliphatic carbocycles. The number of hydrogen-bond donors (Lipinski definition) is 2. The minimum atomic E-state index is 0.373. The summed E-state index contributed by atoms with van der Waals surface area (Å²) in [7, 11) is 0. The summed E-state index contributed by atoms with van der Waals surface area (Å²) in [6, 6.07) is 11.2. The van der Waals surface area contributed by atoms with E-state index in [4.69, 9.17) is 21.1 Å². The van der Waals surface area contributed by atoms with E-state index in [1.54, 1.807) is 6.20 Å². The zero-order chi connectivity index (χ0) is 17.9. The molecule has 0 saturated carbocycles. The molecular formula is C18H16ClN5O2. The van der Waals surface area contributed by atoms with Gasteiger partial charge in [0.25, 0.3) is 0 Å². The molecule has 3 aromatic rings. The molecule has 1 aliphatic heterocycles. The van der Waals surface area contributed by atoms with E-state index < -0.39 is 0 Å². The fourth-order valence-corrected chi connectivity index (χ4v) is 2.72. The van der Waals surface area contributed by atoms with E-state index in [-0.39, 0.29) is 0 Å². The average molecular weight is 370 g/mol.